The van der Waals surface area contributed by atoms with Gasteiger partial charge in [-0.15, -0.1) is 0 Å². The highest BCUT2D eigenvalue weighted by Gasteiger charge is 2.32. The smallest absolute Gasteiger partial charge is 0.255 e. The summed E-state index contributed by atoms with van der Waals surface area (Å²) in [5.41, 5.74) is 4.14. The molecule has 8 bridgehead atoms. The van der Waals surface area contributed by atoms with Gasteiger partial charge in [-0.1, -0.05) is 24.3 Å². The summed E-state index contributed by atoms with van der Waals surface area (Å²) in [6, 6.07) is 21.8. The number of aromatic nitrogens is 1. The molecular formula is C32H29N3O5. The SMILES string of the molecule is O=C1NCCCOc2ccc(cc2)C2c3ccc(cc3CCN2C(=O)Cc2cccnc2)Oc2ccc(O)c1c2. The Labute approximate surface area is 232 Å². The molecule has 0 saturated heterocycles. The third-order valence-electron chi connectivity index (χ3n) is 7.26. The van der Waals surface area contributed by atoms with Crippen molar-refractivity contribution in [3.63, 3.8) is 0 Å². The van der Waals surface area contributed by atoms with Crippen LogP contribution in [0.5, 0.6) is 23.0 Å². The predicted molar refractivity (Wildman–Crippen MR) is 149 cm³/mol. The number of benzene rings is 3. The number of rotatable bonds is 2. The molecule has 1 aromatic heterocycles. The van der Waals surface area contributed by atoms with Gasteiger partial charge >= 0.3 is 0 Å². The van der Waals surface area contributed by atoms with Gasteiger partial charge in [0.05, 0.1) is 24.6 Å². The molecule has 8 heteroatoms. The van der Waals surface area contributed by atoms with E-state index in [9.17, 15) is 14.7 Å². The molecule has 0 saturated carbocycles. The van der Waals surface area contributed by atoms with Gasteiger partial charge in [0.1, 0.15) is 23.0 Å². The van der Waals surface area contributed by atoms with E-state index in [0.29, 0.717) is 49.8 Å². The number of phenols is 1. The van der Waals surface area contributed by atoms with Crippen molar-refractivity contribution in [1.82, 2.24) is 15.2 Å². The van der Waals surface area contributed by atoms with Crippen molar-refractivity contribution in [3.05, 3.63) is 113 Å². The number of fused-ring (bicyclic) bond motifs is 1. The lowest BCUT2D eigenvalue weighted by atomic mass is 9.87. The van der Waals surface area contributed by atoms with E-state index in [1.807, 2.05) is 59.5 Å². The molecule has 4 aliphatic rings. The van der Waals surface area contributed by atoms with Crippen LogP contribution in [-0.2, 0) is 17.6 Å². The Hall–Kier alpha value is -4.85. The van der Waals surface area contributed by atoms with Crippen LogP contribution in [0.2, 0.25) is 0 Å². The zero-order valence-electron chi connectivity index (χ0n) is 21.9. The minimum atomic E-state index is -0.380. The molecule has 4 aliphatic heterocycles. The fraction of sp³-hybridized carbons (Fsp3) is 0.219. The molecule has 0 fully saturated rings. The molecule has 0 aliphatic carbocycles. The normalized spacial score (nSPS) is 16.6. The molecule has 1 unspecified atom stereocenters. The predicted octanol–water partition coefficient (Wildman–Crippen LogP) is 4.81. The highest BCUT2D eigenvalue weighted by molar-refractivity contribution is 5.97. The average molecular weight is 536 g/mol. The molecule has 2 N–H and O–H groups in total. The van der Waals surface area contributed by atoms with Crippen LogP contribution in [0, 0.1) is 0 Å². The molecular weight excluding hydrogens is 506 g/mol. The lowest BCUT2D eigenvalue weighted by Crippen LogP contribution is -2.41. The van der Waals surface area contributed by atoms with Gasteiger partial charge in [0.15, 0.2) is 0 Å². The Balaban J connectivity index is 1.38. The number of carbonyl (C=O) groups excluding carboxylic acids is 2. The quantitative estimate of drug-likeness (QED) is 0.382. The number of hydrogen-bond acceptors (Lipinski definition) is 6. The van der Waals surface area contributed by atoms with E-state index in [-0.39, 0.29) is 35.6 Å². The second-order valence-electron chi connectivity index (χ2n) is 9.95. The summed E-state index contributed by atoms with van der Waals surface area (Å²) in [6.07, 6.45) is 4.98. The molecule has 2 amide bonds. The summed E-state index contributed by atoms with van der Waals surface area (Å²) in [4.78, 5) is 32.4. The van der Waals surface area contributed by atoms with Crippen LogP contribution in [0.3, 0.4) is 0 Å². The summed E-state index contributed by atoms with van der Waals surface area (Å²) >= 11 is 0. The third-order valence-corrected chi connectivity index (χ3v) is 7.26. The number of aromatic hydroxyl groups is 1. The molecule has 40 heavy (non-hydrogen) atoms. The van der Waals surface area contributed by atoms with Crippen LogP contribution in [0.4, 0.5) is 0 Å². The monoisotopic (exact) mass is 535 g/mol. The van der Waals surface area contributed by atoms with E-state index in [0.717, 1.165) is 22.3 Å². The van der Waals surface area contributed by atoms with Gasteiger partial charge in [-0.05, 0) is 83.6 Å². The minimum absolute atomic E-state index is 0.0384. The summed E-state index contributed by atoms with van der Waals surface area (Å²) in [5, 5.41) is 13.1. The summed E-state index contributed by atoms with van der Waals surface area (Å²) in [7, 11) is 0. The van der Waals surface area contributed by atoms with Crippen molar-refractivity contribution in [1.29, 1.82) is 0 Å². The first-order valence-corrected chi connectivity index (χ1v) is 13.4. The highest BCUT2D eigenvalue weighted by atomic mass is 16.5. The van der Waals surface area contributed by atoms with Gasteiger partial charge < -0.3 is 24.8 Å². The highest BCUT2D eigenvalue weighted by Crippen LogP contribution is 2.39. The van der Waals surface area contributed by atoms with E-state index < -0.39 is 0 Å². The van der Waals surface area contributed by atoms with Crippen LogP contribution in [0.25, 0.3) is 0 Å². The molecule has 5 heterocycles. The number of phenolic OH excluding ortho intramolecular Hbond substituents is 1. The first kappa shape index (κ1) is 25.4. The Morgan fingerprint density at radius 2 is 1.82 bits per heavy atom. The van der Waals surface area contributed by atoms with Crippen LogP contribution in [-0.4, -0.2) is 46.5 Å². The van der Waals surface area contributed by atoms with Crippen LogP contribution in [0.15, 0.2) is 85.2 Å². The second kappa shape index (κ2) is 11.1. The van der Waals surface area contributed by atoms with Crippen LogP contribution >= 0.6 is 0 Å². The fourth-order valence-electron chi connectivity index (χ4n) is 5.28. The molecule has 1 atom stereocenters. The molecule has 4 aromatic rings. The number of nitrogens with zero attached hydrogens (tertiary/aromatic N) is 2. The van der Waals surface area contributed by atoms with Gasteiger partial charge in [-0.3, -0.25) is 14.6 Å². The number of amides is 2. The zero-order valence-corrected chi connectivity index (χ0v) is 21.9. The summed E-state index contributed by atoms with van der Waals surface area (Å²) in [6.45, 7) is 1.36. The summed E-state index contributed by atoms with van der Waals surface area (Å²) in [5.74, 6) is 1.32. The van der Waals surface area contributed by atoms with Gasteiger partial charge in [-0.25, -0.2) is 0 Å². The molecule has 8 nitrogen and oxygen atoms in total. The molecule has 3 aromatic carbocycles. The van der Waals surface area contributed by atoms with Crippen molar-refractivity contribution in [2.24, 2.45) is 0 Å². The maximum absolute atomic E-state index is 13.6. The fourth-order valence-corrected chi connectivity index (χ4v) is 5.28. The third kappa shape index (κ3) is 5.33. The van der Waals surface area contributed by atoms with Gasteiger partial charge in [0, 0.05) is 25.5 Å². The van der Waals surface area contributed by atoms with Gasteiger partial charge in [0.2, 0.25) is 5.91 Å². The van der Waals surface area contributed by atoms with E-state index in [4.69, 9.17) is 9.47 Å². The largest absolute Gasteiger partial charge is 0.507 e. The van der Waals surface area contributed by atoms with Crippen molar-refractivity contribution in [2.45, 2.75) is 25.3 Å². The molecule has 8 rings (SSSR count). The first-order valence-electron chi connectivity index (χ1n) is 13.4. The zero-order chi connectivity index (χ0) is 27.5. The first-order chi connectivity index (χ1) is 19.5. The molecule has 202 valence electrons. The van der Waals surface area contributed by atoms with Gasteiger partial charge in [-0.2, -0.15) is 0 Å². The number of hydrogen-bond donors (Lipinski definition) is 2. The number of nitrogens with one attached hydrogen (secondary N) is 1. The van der Waals surface area contributed by atoms with Crippen LogP contribution in [0.1, 0.15) is 45.1 Å². The van der Waals surface area contributed by atoms with E-state index in [1.165, 1.54) is 12.1 Å². The van der Waals surface area contributed by atoms with Crippen LogP contribution < -0.4 is 14.8 Å². The topological polar surface area (TPSA) is 101 Å². The Morgan fingerprint density at radius 1 is 1.02 bits per heavy atom. The van der Waals surface area contributed by atoms with E-state index >= 15 is 0 Å². The number of pyridine rings is 1. The summed E-state index contributed by atoms with van der Waals surface area (Å²) < 4.78 is 12.0. The van der Waals surface area contributed by atoms with E-state index in [1.54, 1.807) is 18.5 Å². The average Bonchev–Trinajstić information content (AvgIpc) is 2.97. The van der Waals surface area contributed by atoms with Crippen molar-refractivity contribution >= 4 is 11.8 Å². The minimum Gasteiger partial charge on any atom is -0.507 e. The maximum atomic E-state index is 13.6. The number of carbonyl (C=O) groups is 2. The molecule has 0 radical (unpaired) electrons. The van der Waals surface area contributed by atoms with Crippen molar-refractivity contribution in [2.75, 3.05) is 19.7 Å². The Morgan fingerprint density at radius 3 is 2.65 bits per heavy atom. The maximum Gasteiger partial charge on any atom is 0.255 e. The molecule has 0 spiro atoms. The number of ether oxygens (including phenoxy) is 2. The second-order valence-corrected chi connectivity index (χ2v) is 9.95. The lowest BCUT2D eigenvalue weighted by molar-refractivity contribution is -0.132. The van der Waals surface area contributed by atoms with Crippen molar-refractivity contribution in [3.8, 4) is 23.0 Å². The van der Waals surface area contributed by atoms with Crippen molar-refractivity contribution < 1.29 is 24.2 Å². The lowest BCUT2D eigenvalue weighted by Gasteiger charge is -2.38. The Bertz CT molecular complexity index is 1540. The Kier molecular flexibility index (Phi) is 7.06. The van der Waals surface area contributed by atoms with Gasteiger partial charge in [0.25, 0.3) is 5.91 Å². The standard InChI is InChI=1S/C32H29N3O5/c36-29-11-9-26-19-28(29)32(38)34-14-2-16-39-24-6-4-22(5-7-24)31-27-10-8-25(40-26)18-23(27)12-15-35(31)30(37)17-21-3-1-13-33-20-21/h1,3-11,13,18-20,31,36H,2,12,14-17H2,(H,34,38). The van der Waals surface area contributed by atoms with E-state index in [2.05, 4.69) is 10.3 Å².